The molecule has 0 aliphatic rings. The van der Waals surface area contributed by atoms with E-state index >= 15 is 0 Å². The lowest BCUT2D eigenvalue weighted by Gasteiger charge is -2.23. The van der Waals surface area contributed by atoms with Crippen LogP contribution in [0.3, 0.4) is 0 Å². The molecule has 0 radical (unpaired) electrons. The highest BCUT2D eigenvalue weighted by Crippen LogP contribution is 2.21. The van der Waals surface area contributed by atoms with E-state index in [4.69, 9.17) is 5.11 Å². The van der Waals surface area contributed by atoms with Gasteiger partial charge in [0.2, 0.25) is 0 Å². The Morgan fingerprint density at radius 2 is 1.16 bits per heavy atom. The topological polar surface area (TPSA) is 77.8 Å². The smallest absolute Gasteiger partial charge is 0.303 e. The zero-order valence-corrected chi connectivity index (χ0v) is 16.6. The number of aliphatic carboxylic acids is 1. The van der Waals surface area contributed by atoms with E-state index in [-0.39, 0.29) is 12.3 Å². The summed E-state index contributed by atoms with van der Waals surface area (Å²) in [6, 6.07) is 0. The van der Waals surface area contributed by atoms with Crippen LogP contribution in [0, 0.1) is 5.92 Å². The second-order valence-electron chi connectivity index (χ2n) is 7.62. The summed E-state index contributed by atoms with van der Waals surface area (Å²) < 4.78 is 0. The number of carbonyl (C=O) groups is 1. The molecule has 3 atom stereocenters. The molecule has 0 saturated heterocycles. The summed E-state index contributed by atoms with van der Waals surface area (Å²) >= 11 is 0. The second kappa shape index (κ2) is 16.8. The minimum absolute atomic E-state index is 0.0652. The maximum Gasteiger partial charge on any atom is 0.303 e. The molecule has 4 nitrogen and oxygen atoms in total. The molecule has 0 spiro atoms. The fourth-order valence-corrected chi connectivity index (χ4v) is 3.44. The number of rotatable bonds is 18. The summed E-state index contributed by atoms with van der Waals surface area (Å²) in [6.07, 6.45) is 15.5. The summed E-state index contributed by atoms with van der Waals surface area (Å²) in [6.45, 7) is 3.77. The van der Waals surface area contributed by atoms with Crippen molar-refractivity contribution in [2.24, 2.45) is 5.92 Å². The minimum Gasteiger partial charge on any atom is -0.481 e. The van der Waals surface area contributed by atoms with Gasteiger partial charge in [-0.05, 0) is 19.3 Å². The Kier molecular flexibility index (Phi) is 16.4. The Labute approximate surface area is 155 Å². The quantitative estimate of drug-likeness (QED) is 0.291. The Morgan fingerprint density at radius 1 is 0.760 bits per heavy atom. The van der Waals surface area contributed by atoms with Crippen LogP contribution in [0.5, 0.6) is 0 Å². The zero-order valence-electron chi connectivity index (χ0n) is 16.6. The minimum atomic E-state index is -0.937. The van der Waals surface area contributed by atoms with Gasteiger partial charge in [-0.3, -0.25) is 4.79 Å². The van der Waals surface area contributed by atoms with Crippen LogP contribution in [-0.2, 0) is 4.79 Å². The Morgan fingerprint density at radius 3 is 1.52 bits per heavy atom. The van der Waals surface area contributed by atoms with E-state index in [1.807, 2.05) is 0 Å². The predicted molar refractivity (Wildman–Crippen MR) is 104 cm³/mol. The molecule has 0 heterocycles. The molecule has 0 aromatic rings. The molecule has 0 aliphatic carbocycles. The number of unbranched alkanes of at least 4 members (excludes halogenated alkanes) is 12. The summed E-state index contributed by atoms with van der Waals surface area (Å²) in [4.78, 5) is 10.9. The Balaban J connectivity index is 3.52. The van der Waals surface area contributed by atoms with Crippen molar-refractivity contribution in [1.29, 1.82) is 0 Å². The van der Waals surface area contributed by atoms with Crippen LogP contribution in [0.2, 0.25) is 0 Å². The third kappa shape index (κ3) is 15.4. The van der Waals surface area contributed by atoms with Gasteiger partial charge in [0.1, 0.15) is 0 Å². The van der Waals surface area contributed by atoms with E-state index in [1.165, 1.54) is 77.6 Å². The van der Waals surface area contributed by atoms with Crippen molar-refractivity contribution in [2.75, 3.05) is 0 Å². The van der Waals surface area contributed by atoms with Gasteiger partial charge in [0.05, 0.1) is 18.6 Å². The average Bonchev–Trinajstić information content (AvgIpc) is 2.56. The number of carboxylic acid groups (broad SMARTS) is 1. The third-order valence-corrected chi connectivity index (χ3v) is 5.09. The van der Waals surface area contributed by atoms with Crippen LogP contribution in [0.15, 0.2) is 0 Å². The molecule has 150 valence electrons. The molecule has 0 amide bonds. The average molecular weight is 359 g/mol. The first-order valence-corrected chi connectivity index (χ1v) is 10.6. The van der Waals surface area contributed by atoms with Crippen molar-refractivity contribution in [3.8, 4) is 0 Å². The molecular formula is C21H42O4. The first-order chi connectivity index (χ1) is 12.0. The van der Waals surface area contributed by atoms with Crippen molar-refractivity contribution in [3.63, 3.8) is 0 Å². The van der Waals surface area contributed by atoms with Gasteiger partial charge < -0.3 is 15.3 Å². The molecule has 3 unspecified atom stereocenters. The number of aliphatic hydroxyl groups is 2. The van der Waals surface area contributed by atoms with Crippen molar-refractivity contribution >= 4 is 5.97 Å². The van der Waals surface area contributed by atoms with Crippen LogP contribution in [0.4, 0.5) is 0 Å². The SMILES string of the molecule is CCCCCCCCCCCCCCCC(CC(=O)O)C(O)C(C)O. The van der Waals surface area contributed by atoms with E-state index < -0.39 is 18.2 Å². The molecule has 0 fully saturated rings. The molecule has 0 aliphatic heterocycles. The monoisotopic (exact) mass is 358 g/mol. The van der Waals surface area contributed by atoms with Gasteiger partial charge in [-0.2, -0.15) is 0 Å². The van der Waals surface area contributed by atoms with E-state index in [0.717, 1.165) is 12.8 Å². The van der Waals surface area contributed by atoms with Crippen LogP contribution in [0.1, 0.15) is 110 Å². The number of carboxylic acids is 1. The van der Waals surface area contributed by atoms with Crippen molar-refractivity contribution in [2.45, 2.75) is 122 Å². The standard InChI is InChI=1S/C21H42O4/c1-3-4-5-6-7-8-9-10-11-12-13-14-15-16-19(17-20(23)24)21(25)18(2)22/h18-19,21-22,25H,3-17H2,1-2H3,(H,23,24). The molecule has 0 bridgehead atoms. The first kappa shape index (κ1) is 24.4. The highest BCUT2D eigenvalue weighted by atomic mass is 16.4. The van der Waals surface area contributed by atoms with Crippen molar-refractivity contribution in [1.82, 2.24) is 0 Å². The molecule has 0 aromatic carbocycles. The maximum atomic E-state index is 10.9. The van der Waals surface area contributed by atoms with Crippen molar-refractivity contribution in [3.05, 3.63) is 0 Å². The van der Waals surface area contributed by atoms with Crippen LogP contribution < -0.4 is 0 Å². The lowest BCUT2D eigenvalue weighted by molar-refractivity contribution is -0.140. The second-order valence-corrected chi connectivity index (χ2v) is 7.62. The van der Waals surface area contributed by atoms with Gasteiger partial charge in [-0.15, -0.1) is 0 Å². The molecule has 4 heteroatoms. The van der Waals surface area contributed by atoms with Gasteiger partial charge >= 0.3 is 5.97 Å². The van der Waals surface area contributed by atoms with Crippen LogP contribution >= 0.6 is 0 Å². The normalized spacial score (nSPS) is 15.0. The molecule has 0 aromatic heterocycles. The summed E-state index contributed by atoms with van der Waals surface area (Å²) in [5.41, 5.74) is 0. The van der Waals surface area contributed by atoms with E-state index in [0.29, 0.717) is 6.42 Å². The molecule has 0 saturated carbocycles. The van der Waals surface area contributed by atoms with Gasteiger partial charge in [0.15, 0.2) is 0 Å². The summed E-state index contributed by atoms with van der Waals surface area (Å²) in [5, 5.41) is 28.3. The largest absolute Gasteiger partial charge is 0.481 e. The van der Waals surface area contributed by atoms with E-state index in [1.54, 1.807) is 0 Å². The lowest BCUT2D eigenvalue weighted by Crippen LogP contribution is -2.32. The number of aliphatic hydroxyl groups excluding tert-OH is 2. The molecule has 3 N–H and O–H groups in total. The fourth-order valence-electron chi connectivity index (χ4n) is 3.44. The number of hydrogen-bond donors (Lipinski definition) is 3. The Bertz CT molecular complexity index is 304. The molecular weight excluding hydrogens is 316 g/mol. The summed E-state index contributed by atoms with van der Waals surface area (Å²) in [7, 11) is 0. The highest BCUT2D eigenvalue weighted by Gasteiger charge is 2.25. The van der Waals surface area contributed by atoms with Crippen LogP contribution in [0.25, 0.3) is 0 Å². The van der Waals surface area contributed by atoms with Gasteiger partial charge in [0.25, 0.3) is 0 Å². The lowest BCUT2D eigenvalue weighted by atomic mass is 9.89. The predicted octanol–water partition coefficient (Wildman–Crippen LogP) is 5.30. The maximum absolute atomic E-state index is 10.9. The van der Waals surface area contributed by atoms with Gasteiger partial charge in [0, 0.05) is 0 Å². The number of hydrogen-bond acceptors (Lipinski definition) is 3. The Hall–Kier alpha value is -0.610. The molecule has 25 heavy (non-hydrogen) atoms. The molecule has 0 rings (SSSR count). The van der Waals surface area contributed by atoms with Crippen LogP contribution in [-0.4, -0.2) is 33.5 Å². The van der Waals surface area contributed by atoms with Gasteiger partial charge in [-0.25, -0.2) is 0 Å². The van der Waals surface area contributed by atoms with Gasteiger partial charge in [-0.1, -0.05) is 90.4 Å². The van der Waals surface area contributed by atoms with E-state index in [9.17, 15) is 15.0 Å². The summed E-state index contributed by atoms with van der Waals surface area (Å²) in [5.74, 6) is -1.25. The zero-order chi connectivity index (χ0) is 18.9. The van der Waals surface area contributed by atoms with Crippen molar-refractivity contribution < 1.29 is 20.1 Å². The van der Waals surface area contributed by atoms with E-state index in [2.05, 4.69) is 6.92 Å². The third-order valence-electron chi connectivity index (χ3n) is 5.09. The fraction of sp³-hybridized carbons (Fsp3) is 0.952. The highest BCUT2D eigenvalue weighted by molar-refractivity contribution is 5.67. The first-order valence-electron chi connectivity index (χ1n) is 10.6.